The van der Waals surface area contributed by atoms with Crippen LogP contribution >= 0.6 is 21.9 Å². The van der Waals surface area contributed by atoms with Gasteiger partial charge in [-0.1, -0.05) is 12.1 Å². The molecular weight excluding hydrogens is 516 g/mol. The number of hydrogen-bond donors (Lipinski definition) is 1. The van der Waals surface area contributed by atoms with Crippen molar-refractivity contribution in [2.75, 3.05) is 26.8 Å². The van der Waals surface area contributed by atoms with Crippen molar-refractivity contribution in [3.63, 3.8) is 0 Å². The van der Waals surface area contributed by atoms with E-state index in [1.807, 2.05) is 37.3 Å². The standard InChI is InChI=1S/C26H28N2O7S2/c1-18-20(15-28(17-29)16-21-8-11-22(31-2)14-25(21)32-3)6-5-7-24(18)27-34-35-37-36-23-12-9-19(10-13-23)26(30)33-4/h5-14,17,27H,15-16H2,1-4H3. The van der Waals surface area contributed by atoms with Crippen LogP contribution in [0.4, 0.5) is 5.69 Å². The molecule has 11 heteroatoms. The fraction of sp³-hybridized carbons (Fsp3) is 0.231. The summed E-state index contributed by atoms with van der Waals surface area (Å²) >= 11 is 1.02. The summed E-state index contributed by atoms with van der Waals surface area (Å²) in [5.74, 6) is 0.948. The van der Waals surface area contributed by atoms with Gasteiger partial charge in [0, 0.05) is 29.6 Å². The molecule has 0 aliphatic heterocycles. The van der Waals surface area contributed by atoms with Gasteiger partial charge in [0.2, 0.25) is 6.41 Å². The molecule has 0 fully saturated rings. The Morgan fingerprint density at radius 3 is 2.41 bits per heavy atom. The SMILES string of the molecule is COC(=O)c1ccc(SSOONc2cccc(CN(C=O)Cc3ccc(OC)cc3OC)c2C)cc1. The second-order valence-corrected chi connectivity index (χ2v) is 9.52. The maximum atomic E-state index is 11.8. The van der Waals surface area contributed by atoms with Crippen molar-refractivity contribution in [2.45, 2.75) is 24.9 Å². The fourth-order valence-electron chi connectivity index (χ4n) is 3.41. The number of benzene rings is 3. The third kappa shape index (κ3) is 8.05. The molecule has 9 nitrogen and oxygen atoms in total. The third-order valence-corrected chi connectivity index (χ3v) is 7.06. The van der Waals surface area contributed by atoms with E-state index in [1.165, 1.54) is 17.9 Å². The summed E-state index contributed by atoms with van der Waals surface area (Å²) in [4.78, 5) is 31.0. The van der Waals surface area contributed by atoms with Crippen LogP contribution in [0.3, 0.4) is 0 Å². The zero-order valence-electron chi connectivity index (χ0n) is 20.9. The summed E-state index contributed by atoms with van der Waals surface area (Å²) in [6.45, 7) is 2.71. The number of hydrogen-bond acceptors (Lipinski definition) is 10. The molecule has 3 aromatic carbocycles. The molecule has 1 N–H and O–H groups in total. The third-order valence-electron chi connectivity index (χ3n) is 5.46. The van der Waals surface area contributed by atoms with Crippen LogP contribution < -0.4 is 15.0 Å². The van der Waals surface area contributed by atoms with Crippen LogP contribution in [0.2, 0.25) is 0 Å². The van der Waals surface area contributed by atoms with E-state index in [1.54, 1.807) is 49.5 Å². The fourth-order valence-corrected chi connectivity index (χ4v) is 4.56. The van der Waals surface area contributed by atoms with Gasteiger partial charge in [-0.3, -0.25) is 4.79 Å². The van der Waals surface area contributed by atoms with Crippen molar-refractivity contribution in [3.8, 4) is 11.5 Å². The number of nitrogens with zero attached hydrogens (tertiary/aromatic N) is 1. The monoisotopic (exact) mass is 544 g/mol. The first-order chi connectivity index (χ1) is 18.0. The highest BCUT2D eigenvalue weighted by Gasteiger charge is 2.13. The number of amides is 1. The van der Waals surface area contributed by atoms with Gasteiger partial charge in [-0.2, -0.15) is 0 Å². The first kappa shape index (κ1) is 28.2. The van der Waals surface area contributed by atoms with Crippen molar-refractivity contribution in [1.29, 1.82) is 0 Å². The number of esters is 1. The van der Waals surface area contributed by atoms with Crippen molar-refractivity contribution in [3.05, 3.63) is 82.9 Å². The van der Waals surface area contributed by atoms with Gasteiger partial charge in [0.1, 0.15) is 22.6 Å². The number of nitrogens with one attached hydrogen (secondary N) is 1. The molecule has 1 amide bonds. The van der Waals surface area contributed by atoms with Gasteiger partial charge in [-0.05, 0) is 71.3 Å². The van der Waals surface area contributed by atoms with Crippen LogP contribution in [-0.4, -0.2) is 38.6 Å². The molecule has 37 heavy (non-hydrogen) atoms. The second-order valence-electron chi connectivity index (χ2n) is 7.70. The number of anilines is 1. The van der Waals surface area contributed by atoms with Crippen LogP contribution in [-0.2, 0) is 31.9 Å². The van der Waals surface area contributed by atoms with E-state index in [-0.39, 0.29) is 5.97 Å². The summed E-state index contributed by atoms with van der Waals surface area (Å²) in [5.41, 5.74) is 6.69. The lowest BCUT2D eigenvalue weighted by atomic mass is 10.1. The lowest BCUT2D eigenvalue weighted by Gasteiger charge is -2.21. The molecule has 0 atom stereocenters. The zero-order valence-corrected chi connectivity index (χ0v) is 22.5. The molecule has 0 bridgehead atoms. The molecule has 0 aliphatic rings. The van der Waals surface area contributed by atoms with E-state index < -0.39 is 0 Å². The number of carbonyl (C=O) groups is 2. The summed E-state index contributed by atoms with van der Waals surface area (Å²) in [5, 5.41) is 0. The van der Waals surface area contributed by atoms with E-state index in [4.69, 9.17) is 18.8 Å². The van der Waals surface area contributed by atoms with Gasteiger partial charge >= 0.3 is 5.97 Å². The van der Waals surface area contributed by atoms with Crippen LogP contribution in [0.15, 0.2) is 65.6 Å². The van der Waals surface area contributed by atoms with E-state index in [9.17, 15) is 9.59 Å². The Balaban J connectivity index is 1.52. The molecule has 0 radical (unpaired) electrons. The summed E-state index contributed by atoms with van der Waals surface area (Å²) in [7, 11) is 5.84. The van der Waals surface area contributed by atoms with E-state index in [0.29, 0.717) is 35.8 Å². The van der Waals surface area contributed by atoms with Crippen LogP contribution in [0, 0.1) is 6.92 Å². The quantitative estimate of drug-likeness (QED) is 0.0526. The molecule has 3 aromatic rings. The number of rotatable bonds is 14. The lowest BCUT2D eigenvalue weighted by molar-refractivity contribution is -0.159. The smallest absolute Gasteiger partial charge is 0.337 e. The van der Waals surface area contributed by atoms with Gasteiger partial charge in [-0.25, -0.2) is 10.3 Å². The Labute approximate surface area is 223 Å². The number of carbonyl (C=O) groups excluding carboxylic acids is 2. The molecule has 0 unspecified atom stereocenters. The van der Waals surface area contributed by atoms with Gasteiger partial charge in [-0.15, -0.1) is 9.32 Å². The van der Waals surface area contributed by atoms with Crippen LogP contribution in [0.25, 0.3) is 0 Å². The molecular formula is C26H28N2O7S2. The van der Waals surface area contributed by atoms with Gasteiger partial charge in [0.25, 0.3) is 0 Å². The molecule has 0 saturated heterocycles. The molecule has 0 heterocycles. The van der Waals surface area contributed by atoms with Crippen molar-refractivity contribution >= 4 is 39.9 Å². The van der Waals surface area contributed by atoms with Crippen molar-refractivity contribution in [1.82, 2.24) is 4.90 Å². The first-order valence-electron chi connectivity index (χ1n) is 11.1. The minimum Gasteiger partial charge on any atom is -0.497 e. The highest BCUT2D eigenvalue weighted by atomic mass is 33.1. The van der Waals surface area contributed by atoms with Gasteiger partial charge in [0.15, 0.2) is 0 Å². The van der Waals surface area contributed by atoms with Crippen LogP contribution in [0.1, 0.15) is 27.0 Å². The summed E-state index contributed by atoms with van der Waals surface area (Å²) in [6, 6.07) is 18.1. The Hall–Kier alpha value is -3.38. The Morgan fingerprint density at radius 1 is 0.973 bits per heavy atom. The van der Waals surface area contributed by atoms with Gasteiger partial charge in [0.05, 0.1) is 32.6 Å². The predicted octanol–water partition coefficient (Wildman–Crippen LogP) is 5.59. The predicted molar refractivity (Wildman–Crippen MR) is 143 cm³/mol. The zero-order chi connectivity index (χ0) is 26.6. The molecule has 0 saturated carbocycles. The maximum absolute atomic E-state index is 11.8. The van der Waals surface area contributed by atoms with E-state index >= 15 is 0 Å². The first-order valence-corrected chi connectivity index (χ1v) is 13.2. The van der Waals surface area contributed by atoms with Crippen molar-refractivity contribution < 1.29 is 33.1 Å². The molecule has 0 spiro atoms. The number of methoxy groups -OCH3 is 3. The maximum Gasteiger partial charge on any atom is 0.337 e. The second kappa shape index (κ2) is 14.4. The minimum atomic E-state index is -0.387. The van der Waals surface area contributed by atoms with E-state index in [0.717, 1.165) is 39.1 Å². The largest absolute Gasteiger partial charge is 0.497 e. The average molecular weight is 545 g/mol. The summed E-state index contributed by atoms with van der Waals surface area (Å²) < 4.78 is 20.5. The van der Waals surface area contributed by atoms with Crippen molar-refractivity contribution in [2.24, 2.45) is 0 Å². The minimum absolute atomic E-state index is 0.377. The Bertz CT molecular complexity index is 1190. The Kier molecular flexibility index (Phi) is 11.0. The Morgan fingerprint density at radius 2 is 1.73 bits per heavy atom. The molecule has 196 valence electrons. The summed E-state index contributed by atoms with van der Waals surface area (Å²) in [6.07, 6.45) is 0.814. The highest BCUT2D eigenvalue weighted by molar-refractivity contribution is 8.74. The normalized spacial score (nSPS) is 10.5. The molecule has 0 aromatic heterocycles. The number of ether oxygens (including phenoxy) is 3. The highest BCUT2D eigenvalue weighted by Crippen LogP contribution is 2.32. The van der Waals surface area contributed by atoms with Gasteiger partial charge < -0.3 is 19.1 Å². The van der Waals surface area contributed by atoms with Crippen LogP contribution in [0.5, 0.6) is 11.5 Å². The topological polar surface area (TPSA) is 95.6 Å². The van der Waals surface area contributed by atoms with E-state index in [2.05, 4.69) is 10.2 Å². The molecule has 3 rings (SSSR count). The molecule has 0 aliphatic carbocycles. The average Bonchev–Trinajstić information content (AvgIpc) is 2.94. The lowest BCUT2D eigenvalue weighted by Crippen LogP contribution is -2.22.